The summed E-state index contributed by atoms with van der Waals surface area (Å²) in [6, 6.07) is 7.73. The van der Waals surface area contributed by atoms with E-state index in [-0.39, 0.29) is 35.5 Å². The van der Waals surface area contributed by atoms with Gasteiger partial charge in [-0.25, -0.2) is 9.59 Å². The van der Waals surface area contributed by atoms with Crippen molar-refractivity contribution < 1.29 is 123 Å². The summed E-state index contributed by atoms with van der Waals surface area (Å²) >= 11 is 0. The Balaban J connectivity index is 1.17. The molecule has 17 atom stereocenters. The highest BCUT2D eigenvalue weighted by Gasteiger charge is 2.54. The van der Waals surface area contributed by atoms with Crippen molar-refractivity contribution in [2.75, 3.05) is 26.9 Å². The number of rotatable bonds is 17. The lowest BCUT2D eigenvalue weighted by molar-refractivity contribution is -0.357. The Hall–Kier alpha value is -5.49. The minimum atomic E-state index is -2.07. The maximum atomic E-state index is 13.8. The van der Waals surface area contributed by atoms with E-state index in [9.17, 15) is 75.7 Å². The van der Waals surface area contributed by atoms with Gasteiger partial charge in [0.1, 0.15) is 54.9 Å². The molecule has 0 aliphatic carbocycles. The lowest BCUT2D eigenvalue weighted by Crippen LogP contribution is -2.65. The molecule has 4 aliphatic rings. The summed E-state index contributed by atoms with van der Waals surface area (Å²) in [7, 11) is 1.07. The van der Waals surface area contributed by atoms with Crippen molar-refractivity contribution in [1.29, 1.82) is 0 Å². The van der Waals surface area contributed by atoms with Gasteiger partial charge in [-0.15, -0.1) is 0 Å². The van der Waals surface area contributed by atoms with Gasteiger partial charge >= 0.3 is 17.9 Å². The number of carbonyl (C=O) groups is 3. The van der Waals surface area contributed by atoms with Crippen LogP contribution >= 0.6 is 0 Å². The summed E-state index contributed by atoms with van der Waals surface area (Å²) < 4.78 is 56.4. The van der Waals surface area contributed by atoms with Gasteiger partial charge in [0, 0.05) is 17.6 Å². The molecule has 71 heavy (non-hydrogen) atoms. The molecule has 6 rings (SSSR count). The molecule has 0 radical (unpaired) electrons. The van der Waals surface area contributed by atoms with Gasteiger partial charge in [-0.1, -0.05) is 18.2 Å². The molecule has 4 aliphatic heterocycles. The first-order valence-electron chi connectivity index (χ1n) is 22.2. The molecule has 2 aromatic rings. The van der Waals surface area contributed by atoms with Crippen LogP contribution in [0.15, 0.2) is 66.0 Å². The number of carbonyl (C=O) groups excluding carboxylic acids is 3. The SMILES string of the molecule is CC=C1[C@H](O[C@@H]2O[C@H](CO)[C@@H](O)[C@H](O)[C@H]2O)OC=C(C(=O)OC)[C@H]1CC(=O)O[C@@H]1[C@@H](O)[C@@H](O)[C@H](O[C@@H]2[C@@H](O)[C@H](OCCc3ccc(O)c(O)c3)O[C@H](CO)[C@H]2OC(=O)C=Cc2ccc(O)c(O)c2)O[C@H]1C. The molecule has 2 aromatic carbocycles. The van der Waals surface area contributed by atoms with Gasteiger partial charge in [-0.2, -0.15) is 0 Å². The third kappa shape index (κ3) is 12.8. The van der Waals surface area contributed by atoms with Crippen LogP contribution in [-0.4, -0.2) is 205 Å². The molecule has 3 fully saturated rings. The average Bonchev–Trinajstić information content (AvgIpc) is 3.35. The van der Waals surface area contributed by atoms with Gasteiger partial charge in [0.2, 0.25) is 6.29 Å². The minimum absolute atomic E-state index is 0.0901. The monoisotopic (exact) mass is 1010 g/mol. The number of hydrogen-bond donors (Lipinski definition) is 12. The maximum Gasteiger partial charge on any atom is 0.337 e. The summed E-state index contributed by atoms with van der Waals surface area (Å²) in [6.07, 6.45) is -23.2. The van der Waals surface area contributed by atoms with Crippen molar-refractivity contribution in [3.63, 3.8) is 0 Å². The predicted molar refractivity (Wildman–Crippen MR) is 233 cm³/mol. The zero-order valence-corrected chi connectivity index (χ0v) is 38.3. The van der Waals surface area contributed by atoms with E-state index in [1.54, 1.807) is 0 Å². The number of phenols is 4. The van der Waals surface area contributed by atoms with Crippen LogP contribution in [0.2, 0.25) is 0 Å². The van der Waals surface area contributed by atoms with Gasteiger partial charge in [-0.05, 0) is 61.7 Å². The van der Waals surface area contributed by atoms with Gasteiger partial charge in [0.05, 0.1) is 51.3 Å². The second kappa shape index (κ2) is 24.3. The maximum absolute atomic E-state index is 13.8. The van der Waals surface area contributed by atoms with Crippen LogP contribution < -0.4 is 0 Å². The first-order chi connectivity index (χ1) is 33.8. The summed E-state index contributed by atoms with van der Waals surface area (Å²) in [5.41, 5.74) is 0.663. The highest BCUT2D eigenvalue weighted by atomic mass is 16.8. The van der Waals surface area contributed by atoms with Gasteiger partial charge < -0.3 is 109 Å². The van der Waals surface area contributed by atoms with E-state index >= 15 is 0 Å². The Bertz CT molecular complexity index is 2250. The second-order valence-corrected chi connectivity index (χ2v) is 16.8. The summed E-state index contributed by atoms with van der Waals surface area (Å²) in [5, 5.41) is 125. The van der Waals surface area contributed by atoms with Crippen LogP contribution in [0.4, 0.5) is 0 Å². The van der Waals surface area contributed by atoms with Crippen molar-refractivity contribution in [3.8, 4) is 23.0 Å². The Labute approximate surface area is 404 Å². The molecule has 25 heteroatoms. The van der Waals surface area contributed by atoms with Gasteiger partial charge in [-0.3, -0.25) is 4.79 Å². The fourth-order valence-electron chi connectivity index (χ4n) is 8.20. The van der Waals surface area contributed by atoms with Crippen LogP contribution in [0, 0.1) is 5.92 Å². The fourth-order valence-corrected chi connectivity index (χ4v) is 8.20. The predicted octanol–water partition coefficient (Wildman–Crippen LogP) is -2.28. The van der Waals surface area contributed by atoms with Crippen LogP contribution in [0.1, 0.15) is 31.4 Å². The highest BCUT2D eigenvalue weighted by molar-refractivity contribution is 5.91. The lowest BCUT2D eigenvalue weighted by Gasteiger charge is -2.47. The summed E-state index contributed by atoms with van der Waals surface area (Å²) in [4.78, 5) is 39.9. The average molecular weight is 1010 g/mol. The first kappa shape index (κ1) is 54.8. The molecule has 0 amide bonds. The van der Waals surface area contributed by atoms with Crippen LogP contribution in [0.5, 0.6) is 23.0 Å². The molecule has 12 N–H and O–H groups in total. The molecule has 0 spiro atoms. The largest absolute Gasteiger partial charge is 0.504 e. The number of methoxy groups -OCH3 is 1. The molecule has 0 unspecified atom stereocenters. The van der Waals surface area contributed by atoms with E-state index < -0.39 is 159 Å². The van der Waals surface area contributed by atoms with Crippen LogP contribution in [0.25, 0.3) is 6.08 Å². The van der Waals surface area contributed by atoms with E-state index in [1.807, 2.05) is 0 Å². The Kier molecular flexibility index (Phi) is 18.8. The topological polar surface area (TPSA) is 386 Å². The Morgan fingerprint density at radius 3 is 1.99 bits per heavy atom. The van der Waals surface area contributed by atoms with E-state index in [0.29, 0.717) is 5.56 Å². The number of aromatic hydroxyl groups is 4. The molecule has 0 bridgehead atoms. The van der Waals surface area contributed by atoms with E-state index in [2.05, 4.69) is 0 Å². The Morgan fingerprint density at radius 1 is 0.690 bits per heavy atom. The molecule has 0 saturated carbocycles. The van der Waals surface area contributed by atoms with Gasteiger partial charge in [0.25, 0.3) is 0 Å². The number of aliphatic hydroxyl groups excluding tert-OH is 8. The van der Waals surface area contributed by atoms with E-state index in [0.717, 1.165) is 25.5 Å². The van der Waals surface area contributed by atoms with Crippen molar-refractivity contribution in [2.45, 2.75) is 125 Å². The molecule has 392 valence electrons. The molecule has 4 heterocycles. The standard InChI is InChI=1S/C46H58O25/c1-4-22-23(24(42(61)62-3)18-64-43(22)71-46-36(58)34(56)33(55)29(16-47)66-46)15-32(54)69-39-19(2)65-45(37(59)35(39)57)70-41-38(60)44(63-12-11-21-6-9-26(50)28(52)14-21)67-30(17-48)40(41)68-31(53)10-7-20-5-8-25(49)27(51)13-20/h4-10,13-14,18-19,23,29-30,33-41,43-52,55-60H,11-12,15-17H2,1-3H3/t19-,23-,29+,30+,33+,34-,35-,36+,37+,38+,39-,40+,41+,43-,44+,45-,46-/m0/s1. The third-order valence-electron chi connectivity index (χ3n) is 12.1. The zero-order valence-electron chi connectivity index (χ0n) is 38.3. The molecule has 3 saturated heterocycles. The number of allylic oxidation sites excluding steroid dienone is 1. The Morgan fingerprint density at radius 2 is 1.34 bits per heavy atom. The zero-order chi connectivity index (χ0) is 51.8. The smallest absolute Gasteiger partial charge is 0.337 e. The third-order valence-corrected chi connectivity index (χ3v) is 12.1. The number of aliphatic hydroxyl groups is 8. The normalized spacial score (nSPS) is 34.8. The van der Waals surface area contributed by atoms with Gasteiger partial charge in [0.15, 0.2) is 54.1 Å². The van der Waals surface area contributed by atoms with E-state index in [4.69, 9.17) is 47.4 Å². The van der Waals surface area contributed by atoms with Crippen molar-refractivity contribution in [2.24, 2.45) is 5.92 Å². The number of phenolic OH excluding ortho intramolecular Hbond substituents is 4. The lowest BCUT2D eigenvalue weighted by atomic mass is 9.86. The van der Waals surface area contributed by atoms with E-state index in [1.165, 1.54) is 56.3 Å². The molecular formula is C46H58O25. The number of hydrogen-bond acceptors (Lipinski definition) is 25. The molecule has 0 aromatic heterocycles. The summed E-state index contributed by atoms with van der Waals surface area (Å²) in [6.45, 7) is 1.05. The summed E-state index contributed by atoms with van der Waals surface area (Å²) in [5.74, 6) is -5.95. The number of esters is 3. The van der Waals surface area contributed by atoms with Crippen LogP contribution in [0.3, 0.4) is 0 Å². The fraction of sp³-hybridized carbons (Fsp3) is 0.543. The molecular weight excluding hydrogens is 952 g/mol. The molecule has 25 nitrogen and oxygen atoms in total. The second-order valence-electron chi connectivity index (χ2n) is 16.8. The first-order valence-corrected chi connectivity index (χ1v) is 22.2. The van der Waals surface area contributed by atoms with Crippen LogP contribution in [-0.2, 0) is 68.2 Å². The van der Waals surface area contributed by atoms with Crippen molar-refractivity contribution in [1.82, 2.24) is 0 Å². The minimum Gasteiger partial charge on any atom is -0.504 e. The number of ether oxygens (including phenoxy) is 10. The van der Waals surface area contributed by atoms with Crippen molar-refractivity contribution >= 4 is 24.0 Å². The quantitative estimate of drug-likeness (QED) is 0.0261. The van der Waals surface area contributed by atoms with Crippen molar-refractivity contribution in [3.05, 3.63) is 77.1 Å². The number of benzene rings is 2. The highest BCUT2D eigenvalue weighted by Crippen LogP contribution is 2.38.